The Labute approximate surface area is 228 Å². The van der Waals surface area contributed by atoms with Gasteiger partial charge in [-0.3, -0.25) is 9.59 Å². The zero-order valence-corrected chi connectivity index (χ0v) is 23.2. The molecule has 0 fully saturated rings. The van der Waals surface area contributed by atoms with Gasteiger partial charge in [-0.2, -0.15) is 0 Å². The molecule has 0 heterocycles. The fourth-order valence-corrected chi connectivity index (χ4v) is 5.26. The van der Waals surface area contributed by atoms with Crippen LogP contribution >= 0.6 is 35.0 Å². The second-order valence-corrected chi connectivity index (χ2v) is 10.9. The maximum absolute atomic E-state index is 13.6. The SMILES string of the molecule is Cc1ccc(CN(C(=O)CSCc2ccc(Cl)cc2Cl)C(Cc2ccccc2)C(=O)NC(C)C)cc1. The molecule has 1 atom stereocenters. The first-order valence-corrected chi connectivity index (χ1v) is 13.8. The monoisotopic (exact) mass is 542 g/mol. The number of nitrogens with one attached hydrogen (secondary N) is 1. The minimum Gasteiger partial charge on any atom is -0.352 e. The van der Waals surface area contributed by atoms with Crippen molar-refractivity contribution in [1.82, 2.24) is 10.2 Å². The highest BCUT2D eigenvalue weighted by Crippen LogP contribution is 2.25. The predicted octanol–water partition coefficient (Wildman–Crippen LogP) is 6.70. The maximum Gasteiger partial charge on any atom is 0.243 e. The number of hydrogen-bond donors (Lipinski definition) is 1. The van der Waals surface area contributed by atoms with E-state index < -0.39 is 6.04 Å². The minimum atomic E-state index is -0.636. The van der Waals surface area contributed by atoms with Crippen molar-refractivity contribution in [1.29, 1.82) is 0 Å². The van der Waals surface area contributed by atoms with Gasteiger partial charge in [-0.1, -0.05) is 89.4 Å². The standard InChI is InChI=1S/C29H32Cl2N2O2S/c1-20(2)32-29(35)27(15-22-7-5-4-6-8-22)33(17-23-11-9-21(3)10-12-23)28(34)19-36-18-24-13-14-25(30)16-26(24)31/h4-14,16,20,27H,15,17-19H2,1-3H3,(H,32,35). The van der Waals surface area contributed by atoms with Crippen molar-refractivity contribution >= 4 is 46.8 Å². The van der Waals surface area contributed by atoms with E-state index >= 15 is 0 Å². The summed E-state index contributed by atoms with van der Waals surface area (Å²) in [6.07, 6.45) is 0.435. The van der Waals surface area contributed by atoms with Crippen LogP contribution in [0.3, 0.4) is 0 Å². The van der Waals surface area contributed by atoms with E-state index in [0.717, 1.165) is 22.3 Å². The van der Waals surface area contributed by atoms with Crippen molar-refractivity contribution in [3.8, 4) is 0 Å². The van der Waals surface area contributed by atoms with Crippen LogP contribution in [0, 0.1) is 6.92 Å². The number of amides is 2. The topological polar surface area (TPSA) is 49.4 Å². The number of carbonyl (C=O) groups is 2. The molecule has 36 heavy (non-hydrogen) atoms. The molecule has 0 aliphatic heterocycles. The number of benzene rings is 3. The van der Waals surface area contributed by atoms with Crippen molar-refractivity contribution in [3.05, 3.63) is 105 Å². The van der Waals surface area contributed by atoms with Gasteiger partial charge in [-0.25, -0.2) is 0 Å². The average Bonchev–Trinajstić information content (AvgIpc) is 2.84. The zero-order valence-electron chi connectivity index (χ0n) is 20.8. The lowest BCUT2D eigenvalue weighted by Crippen LogP contribution is -2.52. The Morgan fingerprint density at radius 1 is 0.944 bits per heavy atom. The Morgan fingerprint density at radius 2 is 1.64 bits per heavy atom. The summed E-state index contributed by atoms with van der Waals surface area (Å²) in [4.78, 5) is 28.7. The fourth-order valence-electron chi connectivity index (χ4n) is 3.79. The lowest BCUT2D eigenvalue weighted by molar-refractivity contribution is -0.139. The summed E-state index contributed by atoms with van der Waals surface area (Å²) in [6.45, 7) is 6.23. The highest BCUT2D eigenvalue weighted by molar-refractivity contribution is 7.99. The van der Waals surface area contributed by atoms with E-state index in [1.54, 1.807) is 17.0 Å². The van der Waals surface area contributed by atoms with Crippen LogP contribution in [0.1, 0.15) is 36.1 Å². The summed E-state index contributed by atoms with van der Waals surface area (Å²) in [6, 6.07) is 22.6. The predicted molar refractivity (Wildman–Crippen MR) is 152 cm³/mol. The highest BCUT2D eigenvalue weighted by atomic mass is 35.5. The van der Waals surface area contributed by atoms with E-state index in [1.807, 2.05) is 81.4 Å². The van der Waals surface area contributed by atoms with Crippen LogP contribution in [0.5, 0.6) is 0 Å². The molecule has 1 N–H and O–H groups in total. The Hall–Kier alpha value is -2.47. The van der Waals surface area contributed by atoms with Crippen molar-refractivity contribution < 1.29 is 9.59 Å². The molecule has 4 nitrogen and oxygen atoms in total. The summed E-state index contributed by atoms with van der Waals surface area (Å²) in [5.41, 5.74) is 4.05. The molecule has 190 valence electrons. The Kier molecular flexibility index (Phi) is 10.7. The van der Waals surface area contributed by atoms with E-state index in [4.69, 9.17) is 23.2 Å². The van der Waals surface area contributed by atoms with Crippen molar-refractivity contribution in [2.45, 2.75) is 51.6 Å². The van der Waals surface area contributed by atoms with Crippen molar-refractivity contribution in [2.75, 3.05) is 5.75 Å². The van der Waals surface area contributed by atoms with Gasteiger partial charge in [0.1, 0.15) is 6.04 Å². The van der Waals surface area contributed by atoms with Gasteiger partial charge >= 0.3 is 0 Å². The lowest BCUT2D eigenvalue weighted by atomic mass is 10.0. The smallest absolute Gasteiger partial charge is 0.243 e. The normalized spacial score (nSPS) is 11.8. The summed E-state index contributed by atoms with van der Waals surface area (Å²) in [7, 11) is 0. The van der Waals surface area contributed by atoms with E-state index in [-0.39, 0.29) is 23.6 Å². The van der Waals surface area contributed by atoms with Gasteiger partial charge in [0.2, 0.25) is 11.8 Å². The van der Waals surface area contributed by atoms with Gasteiger partial charge in [0.15, 0.2) is 0 Å². The summed E-state index contributed by atoms with van der Waals surface area (Å²) in [5, 5.41) is 4.18. The quantitative estimate of drug-likeness (QED) is 0.293. The summed E-state index contributed by atoms with van der Waals surface area (Å²) >= 11 is 13.8. The van der Waals surface area contributed by atoms with Crippen LogP contribution in [0.2, 0.25) is 10.0 Å². The third-order valence-corrected chi connectivity index (χ3v) is 7.23. The molecule has 0 aliphatic rings. The van der Waals surface area contributed by atoms with E-state index in [1.165, 1.54) is 11.8 Å². The molecule has 7 heteroatoms. The molecule has 0 bridgehead atoms. The number of hydrogen-bond acceptors (Lipinski definition) is 3. The molecule has 1 unspecified atom stereocenters. The number of thioether (sulfide) groups is 1. The number of carbonyl (C=O) groups excluding carboxylic acids is 2. The van der Waals surface area contributed by atoms with Gasteiger partial charge in [0, 0.05) is 34.8 Å². The average molecular weight is 544 g/mol. The first-order chi connectivity index (χ1) is 17.2. The van der Waals surface area contributed by atoms with Crippen LogP contribution in [0.25, 0.3) is 0 Å². The molecular formula is C29H32Cl2N2O2S. The molecule has 0 aromatic heterocycles. The van der Waals surface area contributed by atoms with Gasteiger partial charge in [0.25, 0.3) is 0 Å². The number of nitrogens with zero attached hydrogens (tertiary/aromatic N) is 1. The fraction of sp³-hybridized carbons (Fsp3) is 0.310. The molecule has 3 aromatic carbocycles. The molecule has 0 radical (unpaired) electrons. The van der Waals surface area contributed by atoms with Crippen LogP contribution in [0.15, 0.2) is 72.8 Å². The second-order valence-electron chi connectivity index (χ2n) is 9.10. The molecule has 0 aliphatic carbocycles. The van der Waals surface area contributed by atoms with E-state index in [2.05, 4.69) is 5.32 Å². The molecule has 0 saturated heterocycles. The minimum absolute atomic E-state index is 0.0338. The van der Waals surface area contributed by atoms with Crippen LogP contribution in [-0.4, -0.2) is 34.6 Å². The van der Waals surface area contributed by atoms with Gasteiger partial charge < -0.3 is 10.2 Å². The molecular weight excluding hydrogens is 511 g/mol. The Bertz CT molecular complexity index is 1150. The van der Waals surface area contributed by atoms with Gasteiger partial charge in [-0.15, -0.1) is 11.8 Å². The molecule has 0 spiro atoms. The molecule has 0 saturated carbocycles. The molecule has 3 aromatic rings. The number of halogens is 2. The molecule has 3 rings (SSSR count). The third kappa shape index (κ3) is 8.58. The number of aryl methyl sites for hydroxylation is 1. The second kappa shape index (κ2) is 13.7. The highest BCUT2D eigenvalue weighted by Gasteiger charge is 2.30. The van der Waals surface area contributed by atoms with Gasteiger partial charge in [-0.05, 0) is 49.6 Å². The molecule has 2 amide bonds. The lowest BCUT2D eigenvalue weighted by Gasteiger charge is -2.32. The largest absolute Gasteiger partial charge is 0.352 e. The van der Waals surface area contributed by atoms with E-state index in [0.29, 0.717) is 28.8 Å². The van der Waals surface area contributed by atoms with Crippen LogP contribution in [-0.2, 0) is 28.3 Å². The zero-order chi connectivity index (χ0) is 26.1. The number of rotatable bonds is 11. The third-order valence-electron chi connectivity index (χ3n) is 5.67. The maximum atomic E-state index is 13.6. The van der Waals surface area contributed by atoms with Crippen LogP contribution < -0.4 is 5.32 Å². The van der Waals surface area contributed by atoms with Crippen molar-refractivity contribution in [3.63, 3.8) is 0 Å². The Morgan fingerprint density at radius 3 is 2.28 bits per heavy atom. The van der Waals surface area contributed by atoms with Crippen LogP contribution in [0.4, 0.5) is 0 Å². The van der Waals surface area contributed by atoms with E-state index in [9.17, 15) is 9.59 Å². The Balaban J connectivity index is 1.84. The van der Waals surface area contributed by atoms with Crippen molar-refractivity contribution in [2.24, 2.45) is 0 Å². The summed E-state index contributed by atoms with van der Waals surface area (Å²) < 4.78 is 0. The van der Waals surface area contributed by atoms with Gasteiger partial charge in [0.05, 0.1) is 5.75 Å². The first-order valence-electron chi connectivity index (χ1n) is 11.9. The first kappa shape index (κ1) is 28.1. The summed E-state index contributed by atoms with van der Waals surface area (Å²) in [5.74, 6) is 0.553.